The lowest BCUT2D eigenvalue weighted by molar-refractivity contribution is -0.143. The van der Waals surface area contributed by atoms with Gasteiger partial charge in [0.05, 0.1) is 47.5 Å². The van der Waals surface area contributed by atoms with Crippen molar-refractivity contribution in [1.82, 2.24) is 9.97 Å². The minimum absolute atomic E-state index is 0.0135. The molecule has 2 atom stereocenters. The largest absolute Gasteiger partial charge is 0.489 e. The van der Waals surface area contributed by atoms with Crippen molar-refractivity contribution in [2.24, 2.45) is 5.92 Å². The third kappa shape index (κ3) is 10.2. The zero-order chi connectivity index (χ0) is 36.1. The number of benzene rings is 2. The summed E-state index contributed by atoms with van der Waals surface area (Å²) in [7, 11) is -1.15. The van der Waals surface area contributed by atoms with Gasteiger partial charge < -0.3 is 14.5 Å². The van der Waals surface area contributed by atoms with Crippen molar-refractivity contribution in [1.29, 1.82) is 0 Å². The standard InChI is InChI=1S/C33H37F9N4O2S/c1-4-45(19-22-7-5-6-8-22)29-10-9-25(31(34,35)36)15-24(29)20-46(30-43-17-28(18-44-30)48-11-12-49(3)47)21(2)23-13-26(32(37,38)39)16-27(14-23)33(40,41)42/h9-10,13-18,21-22H,4-8,11-12,19-20H2,1-3H3. The summed E-state index contributed by atoms with van der Waals surface area (Å²) in [4.78, 5) is 11.7. The quantitative estimate of drug-likeness (QED) is 0.164. The summed E-state index contributed by atoms with van der Waals surface area (Å²) in [5.74, 6) is 0.493. The molecule has 0 radical (unpaired) electrons. The third-order valence-corrected chi connectivity index (χ3v) is 9.24. The van der Waals surface area contributed by atoms with Crippen LogP contribution in [0.3, 0.4) is 0 Å². The van der Waals surface area contributed by atoms with Crippen LogP contribution in [0, 0.1) is 5.92 Å². The predicted molar refractivity (Wildman–Crippen MR) is 169 cm³/mol. The first-order valence-corrected chi connectivity index (χ1v) is 17.4. The van der Waals surface area contributed by atoms with E-state index in [0.29, 0.717) is 36.8 Å². The molecule has 270 valence electrons. The zero-order valence-electron chi connectivity index (χ0n) is 27.1. The molecule has 0 amide bonds. The minimum Gasteiger partial charge on any atom is -0.489 e. The Kier molecular flexibility index (Phi) is 12.1. The Bertz CT molecular complexity index is 1540. The summed E-state index contributed by atoms with van der Waals surface area (Å²) in [6.45, 7) is 3.86. The highest BCUT2D eigenvalue weighted by Gasteiger charge is 2.38. The summed E-state index contributed by atoms with van der Waals surface area (Å²) < 4.78 is 142. The molecule has 0 aliphatic heterocycles. The SMILES string of the molecule is CCN(CC1CCCC1)c1ccc(C(F)(F)F)cc1CN(c1ncc(OCCS(C)=O)cn1)C(C)c1cc(C(F)(F)F)cc(C(F)(F)F)c1. The van der Waals surface area contributed by atoms with E-state index in [1.807, 2.05) is 11.8 Å². The van der Waals surface area contributed by atoms with Crippen molar-refractivity contribution in [3.05, 3.63) is 76.6 Å². The number of anilines is 2. The summed E-state index contributed by atoms with van der Waals surface area (Å²) in [5, 5.41) is 0. The number of ether oxygens (including phenoxy) is 1. The van der Waals surface area contributed by atoms with Crippen molar-refractivity contribution < 1.29 is 48.5 Å². The summed E-state index contributed by atoms with van der Waals surface area (Å²) in [6.07, 6.45) is -7.04. The van der Waals surface area contributed by atoms with Gasteiger partial charge in [0.25, 0.3) is 0 Å². The molecule has 1 aromatic heterocycles. The lowest BCUT2D eigenvalue weighted by Gasteiger charge is -2.34. The van der Waals surface area contributed by atoms with Crippen molar-refractivity contribution in [2.75, 3.05) is 41.5 Å². The topological polar surface area (TPSA) is 58.6 Å². The number of halogens is 9. The van der Waals surface area contributed by atoms with Crippen LogP contribution in [0.15, 0.2) is 48.8 Å². The maximum atomic E-state index is 14.0. The lowest BCUT2D eigenvalue weighted by atomic mass is 9.98. The van der Waals surface area contributed by atoms with Gasteiger partial charge in [-0.25, -0.2) is 9.97 Å². The van der Waals surface area contributed by atoms with E-state index >= 15 is 0 Å². The van der Waals surface area contributed by atoms with Gasteiger partial charge in [0.2, 0.25) is 5.95 Å². The van der Waals surface area contributed by atoms with E-state index in [2.05, 4.69) is 9.97 Å². The third-order valence-electron chi connectivity index (χ3n) is 8.49. The second kappa shape index (κ2) is 15.5. The van der Waals surface area contributed by atoms with Crippen LogP contribution in [0.5, 0.6) is 5.75 Å². The van der Waals surface area contributed by atoms with E-state index in [0.717, 1.165) is 37.8 Å². The molecule has 1 aliphatic carbocycles. The van der Waals surface area contributed by atoms with Crippen LogP contribution >= 0.6 is 0 Å². The van der Waals surface area contributed by atoms with Gasteiger partial charge in [0.1, 0.15) is 0 Å². The van der Waals surface area contributed by atoms with E-state index in [9.17, 15) is 43.7 Å². The Morgan fingerprint density at radius 1 is 0.878 bits per heavy atom. The molecule has 1 aliphatic rings. The number of aromatic nitrogens is 2. The van der Waals surface area contributed by atoms with Crippen LogP contribution in [-0.4, -0.2) is 45.9 Å². The number of nitrogens with zero attached hydrogens (tertiary/aromatic N) is 4. The maximum Gasteiger partial charge on any atom is 0.416 e. The van der Waals surface area contributed by atoms with Gasteiger partial charge in [-0.15, -0.1) is 0 Å². The normalized spacial score (nSPS) is 15.7. The number of hydrogen-bond acceptors (Lipinski definition) is 6. The second-order valence-electron chi connectivity index (χ2n) is 12.0. The molecular weight excluding hydrogens is 687 g/mol. The fraction of sp³-hybridized carbons (Fsp3) is 0.515. The Balaban J connectivity index is 1.84. The Morgan fingerprint density at radius 2 is 1.45 bits per heavy atom. The van der Waals surface area contributed by atoms with Crippen LogP contribution in [0.25, 0.3) is 0 Å². The first kappa shape index (κ1) is 38.2. The van der Waals surface area contributed by atoms with Gasteiger partial charge in [-0.3, -0.25) is 4.21 Å². The monoisotopic (exact) mass is 724 g/mol. The predicted octanol–water partition coefficient (Wildman–Crippen LogP) is 9.07. The van der Waals surface area contributed by atoms with Crippen LogP contribution in [0.2, 0.25) is 0 Å². The highest BCUT2D eigenvalue weighted by Crippen LogP contribution is 2.40. The van der Waals surface area contributed by atoms with E-state index < -0.39 is 64.2 Å². The van der Waals surface area contributed by atoms with E-state index in [1.54, 1.807) is 0 Å². The van der Waals surface area contributed by atoms with Crippen LogP contribution in [-0.2, 0) is 35.9 Å². The molecule has 1 saturated carbocycles. The van der Waals surface area contributed by atoms with Gasteiger partial charge in [0.15, 0.2) is 5.75 Å². The molecule has 0 spiro atoms. The molecule has 0 saturated heterocycles. The summed E-state index contributed by atoms with van der Waals surface area (Å²) in [5.41, 5.74) is -3.84. The maximum absolute atomic E-state index is 14.0. The first-order valence-electron chi connectivity index (χ1n) is 15.6. The summed E-state index contributed by atoms with van der Waals surface area (Å²) >= 11 is 0. The Hall–Kier alpha value is -3.56. The van der Waals surface area contributed by atoms with Gasteiger partial charge in [-0.2, -0.15) is 39.5 Å². The average Bonchev–Trinajstić information content (AvgIpc) is 3.54. The highest BCUT2D eigenvalue weighted by atomic mass is 32.2. The molecule has 0 N–H and O–H groups in total. The van der Waals surface area contributed by atoms with Crippen LogP contribution in [0.4, 0.5) is 51.1 Å². The fourth-order valence-electron chi connectivity index (χ4n) is 5.87. The van der Waals surface area contributed by atoms with E-state index in [4.69, 9.17) is 4.74 Å². The van der Waals surface area contributed by atoms with Crippen LogP contribution in [0.1, 0.15) is 73.4 Å². The number of alkyl halides is 9. The van der Waals surface area contributed by atoms with Crippen LogP contribution < -0.4 is 14.5 Å². The molecule has 0 bridgehead atoms. The average molecular weight is 725 g/mol. The minimum atomic E-state index is -5.12. The highest BCUT2D eigenvalue weighted by molar-refractivity contribution is 7.84. The van der Waals surface area contributed by atoms with Crippen molar-refractivity contribution >= 4 is 22.4 Å². The molecule has 3 aromatic rings. The molecule has 6 nitrogen and oxygen atoms in total. The van der Waals surface area contributed by atoms with Gasteiger partial charge in [-0.1, -0.05) is 12.8 Å². The number of hydrogen-bond donors (Lipinski definition) is 0. The molecule has 49 heavy (non-hydrogen) atoms. The van der Waals surface area contributed by atoms with E-state index in [1.165, 1.54) is 36.5 Å². The molecule has 1 fully saturated rings. The lowest BCUT2D eigenvalue weighted by Crippen LogP contribution is -2.32. The van der Waals surface area contributed by atoms with Crippen molar-refractivity contribution in [3.63, 3.8) is 0 Å². The molecule has 2 unspecified atom stereocenters. The van der Waals surface area contributed by atoms with E-state index in [-0.39, 0.29) is 35.7 Å². The molecular formula is C33H37F9N4O2S. The number of rotatable bonds is 13. The van der Waals surface area contributed by atoms with Gasteiger partial charge >= 0.3 is 18.5 Å². The first-order chi connectivity index (χ1) is 22.9. The molecule has 2 aromatic carbocycles. The van der Waals surface area contributed by atoms with Crippen molar-refractivity contribution in [2.45, 2.75) is 70.6 Å². The van der Waals surface area contributed by atoms with Gasteiger partial charge in [0, 0.05) is 42.4 Å². The van der Waals surface area contributed by atoms with Crippen molar-refractivity contribution in [3.8, 4) is 5.75 Å². The second-order valence-corrected chi connectivity index (χ2v) is 13.6. The molecule has 4 rings (SSSR count). The summed E-state index contributed by atoms with van der Waals surface area (Å²) in [6, 6.07) is 3.15. The molecule has 1 heterocycles. The Labute approximate surface area is 281 Å². The Morgan fingerprint density at radius 3 is 1.96 bits per heavy atom. The van der Waals surface area contributed by atoms with Gasteiger partial charge in [-0.05, 0) is 80.1 Å². The zero-order valence-corrected chi connectivity index (χ0v) is 27.9. The smallest absolute Gasteiger partial charge is 0.416 e. The molecule has 16 heteroatoms. The fourth-order valence-corrected chi connectivity index (χ4v) is 6.19.